The van der Waals surface area contributed by atoms with Crippen LogP contribution in [-0.4, -0.2) is 28.4 Å². The predicted octanol–water partition coefficient (Wildman–Crippen LogP) is 4.00. The van der Waals surface area contributed by atoms with E-state index in [9.17, 15) is 14.7 Å². The zero-order chi connectivity index (χ0) is 16.4. The Bertz CT molecular complexity index is 586. The van der Waals surface area contributed by atoms with Crippen LogP contribution in [-0.2, 0) is 9.59 Å². The summed E-state index contributed by atoms with van der Waals surface area (Å²) in [6, 6.07) is 8.30. The van der Waals surface area contributed by atoms with Gasteiger partial charge in [-0.2, -0.15) is 0 Å². The molecule has 0 spiro atoms. The summed E-state index contributed by atoms with van der Waals surface area (Å²) >= 11 is 3.44. The summed E-state index contributed by atoms with van der Waals surface area (Å²) < 4.78 is 1.04. The van der Waals surface area contributed by atoms with E-state index in [1.54, 1.807) is 0 Å². The first-order chi connectivity index (χ1) is 11.1. The molecule has 3 atom stereocenters. The molecule has 2 aliphatic rings. The van der Waals surface area contributed by atoms with E-state index in [-0.39, 0.29) is 23.8 Å². The highest BCUT2D eigenvalue weighted by molar-refractivity contribution is 9.10. The number of halogens is 1. The molecule has 4 nitrogen and oxygen atoms in total. The molecule has 1 aliphatic carbocycles. The van der Waals surface area contributed by atoms with Gasteiger partial charge in [0.2, 0.25) is 5.91 Å². The van der Waals surface area contributed by atoms with Crippen molar-refractivity contribution in [2.45, 2.75) is 44.6 Å². The molecule has 3 unspecified atom stereocenters. The second kappa shape index (κ2) is 7.04. The summed E-state index contributed by atoms with van der Waals surface area (Å²) in [6.07, 6.45) is 4.87. The van der Waals surface area contributed by atoms with Crippen molar-refractivity contribution in [1.82, 2.24) is 4.90 Å². The molecule has 2 fully saturated rings. The minimum atomic E-state index is -0.756. The lowest BCUT2D eigenvalue weighted by Gasteiger charge is -2.32. The van der Waals surface area contributed by atoms with E-state index >= 15 is 0 Å². The molecule has 1 saturated heterocycles. The molecule has 0 aromatic heterocycles. The van der Waals surface area contributed by atoms with Gasteiger partial charge in [-0.25, -0.2) is 0 Å². The average molecular weight is 380 g/mol. The molecule has 5 heteroatoms. The number of carboxylic acid groups (broad SMARTS) is 1. The third kappa shape index (κ3) is 3.60. The molecule has 1 aromatic rings. The van der Waals surface area contributed by atoms with Crippen molar-refractivity contribution in [2.75, 3.05) is 6.54 Å². The molecule has 1 N–H and O–H groups in total. The predicted molar refractivity (Wildman–Crippen MR) is 90.9 cm³/mol. The maximum absolute atomic E-state index is 12.9. The minimum Gasteiger partial charge on any atom is -0.481 e. The lowest BCUT2D eigenvalue weighted by molar-refractivity contribution is -0.145. The maximum atomic E-state index is 12.9. The van der Waals surface area contributed by atoms with Gasteiger partial charge in [0.05, 0.1) is 12.0 Å². The minimum absolute atomic E-state index is 0.124. The van der Waals surface area contributed by atoms with Gasteiger partial charge < -0.3 is 10.0 Å². The van der Waals surface area contributed by atoms with Crippen LogP contribution in [0.5, 0.6) is 0 Å². The van der Waals surface area contributed by atoms with Gasteiger partial charge in [0.15, 0.2) is 0 Å². The number of carbonyl (C=O) groups is 2. The van der Waals surface area contributed by atoms with Gasteiger partial charge in [-0.3, -0.25) is 9.59 Å². The van der Waals surface area contributed by atoms with E-state index in [0.29, 0.717) is 12.8 Å². The van der Waals surface area contributed by atoms with Crippen molar-refractivity contribution in [2.24, 2.45) is 11.8 Å². The van der Waals surface area contributed by atoms with Crippen LogP contribution >= 0.6 is 15.9 Å². The summed E-state index contributed by atoms with van der Waals surface area (Å²) in [5.41, 5.74) is 1.17. The van der Waals surface area contributed by atoms with E-state index in [4.69, 9.17) is 0 Å². The van der Waals surface area contributed by atoms with Crippen LogP contribution in [0.1, 0.15) is 50.1 Å². The van der Waals surface area contributed by atoms with Crippen molar-refractivity contribution in [3.8, 4) is 0 Å². The van der Waals surface area contributed by atoms with Gasteiger partial charge in [0, 0.05) is 16.9 Å². The quantitative estimate of drug-likeness (QED) is 0.862. The van der Waals surface area contributed by atoms with E-state index in [1.807, 2.05) is 17.0 Å². The van der Waals surface area contributed by atoms with E-state index in [2.05, 4.69) is 28.1 Å². The number of benzene rings is 1. The molecule has 0 radical (unpaired) electrons. The number of nitrogens with zero attached hydrogens (tertiary/aromatic N) is 1. The first-order valence-corrected chi connectivity index (χ1v) is 9.14. The summed E-state index contributed by atoms with van der Waals surface area (Å²) in [5, 5.41) is 9.23. The van der Waals surface area contributed by atoms with Gasteiger partial charge in [-0.15, -0.1) is 0 Å². The zero-order valence-electron chi connectivity index (χ0n) is 13.1. The molecule has 1 saturated carbocycles. The van der Waals surface area contributed by atoms with Gasteiger partial charge >= 0.3 is 5.97 Å². The van der Waals surface area contributed by atoms with E-state index in [1.165, 1.54) is 5.56 Å². The SMILES string of the molecule is O=C(O)C1CCCC(C(=O)N2CCCC2c2ccc(Br)cc2)C1. The van der Waals surface area contributed by atoms with Crippen LogP contribution in [0.25, 0.3) is 0 Å². The van der Waals surface area contributed by atoms with Crippen molar-refractivity contribution < 1.29 is 14.7 Å². The lowest BCUT2D eigenvalue weighted by atomic mass is 9.80. The summed E-state index contributed by atoms with van der Waals surface area (Å²) in [5.74, 6) is -1.08. The number of carboxylic acids is 1. The molecule has 1 amide bonds. The molecule has 124 valence electrons. The summed E-state index contributed by atoms with van der Waals surface area (Å²) in [7, 11) is 0. The van der Waals surface area contributed by atoms with Crippen LogP contribution in [0.4, 0.5) is 0 Å². The second-order valence-electron chi connectivity index (χ2n) is 6.64. The van der Waals surface area contributed by atoms with Crippen LogP contribution in [0.15, 0.2) is 28.7 Å². The number of hydrogen-bond donors (Lipinski definition) is 1. The Morgan fingerprint density at radius 3 is 2.43 bits per heavy atom. The van der Waals surface area contributed by atoms with Crippen molar-refractivity contribution >= 4 is 27.8 Å². The van der Waals surface area contributed by atoms with Crippen molar-refractivity contribution in [3.05, 3.63) is 34.3 Å². The highest BCUT2D eigenvalue weighted by Gasteiger charge is 2.37. The molecule has 3 rings (SSSR count). The zero-order valence-corrected chi connectivity index (χ0v) is 14.7. The number of rotatable bonds is 3. The Morgan fingerprint density at radius 1 is 1.04 bits per heavy atom. The molecule has 1 aliphatic heterocycles. The lowest BCUT2D eigenvalue weighted by Crippen LogP contribution is -2.38. The normalized spacial score (nSPS) is 27.9. The molecule has 0 bridgehead atoms. The molecule has 23 heavy (non-hydrogen) atoms. The highest BCUT2D eigenvalue weighted by atomic mass is 79.9. The second-order valence-corrected chi connectivity index (χ2v) is 7.56. The number of aliphatic carboxylic acids is 1. The maximum Gasteiger partial charge on any atom is 0.306 e. The van der Waals surface area contributed by atoms with Gasteiger partial charge in [0.25, 0.3) is 0 Å². The van der Waals surface area contributed by atoms with Crippen LogP contribution in [0.2, 0.25) is 0 Å². The average Bonchev–Trinajstić information content (AvgIpc) is 3.04. The van der Waals surface area contributed by atoms with Gasteiger partial charge in [0.1, 0.15) is 0 Å². The standard InChI is InChI=1S/C18H22BrNO3/c19-15-8-6-12(7-9-15)16-5-2-10-20(16)17(21)13-3-1-4-14(11-13)18(22)23/h6-9,13-14,16H,1-5,10-11H2,(H,22,23). The number of likely N-dealkylation sites (tertiary alicyclic amines) is 1. The Kier molecular flexibility index (Phi) is 5.05. The first-order valence-electron chi connectivity index (χ1n) is 8.35. The summed E-state index contributed by atoms with van der Waals surface area (Å²) in [6.45, 7) is 0.786. The Morgan fingerprint density at radius 2 is 1.74 bits per heavy atom. The molecular weight excluding hydrogens is 358 g/mol. The number of carbonyl (C=O) groups excluding carboxylic acids is 1. The summed E-state index contributed by atoms with van der Waals surface area (Å²) in [4.78, 5) is 26.2. The largest absolute Gasteiger partial charge is 0.481 e. The molecule has 1 heterocycles. The third-order valence-electron chi connectivity index (χ3n) is 5.16. The monoisotopic (exact) mass is 379 g/mol. The van der Waals surface area contributed by atoms with Gasteiger partial charge in [-0.1, -0.05) is 34.5 Å². The van der Waals surface area contributed by atoms with Crippen molar-refractivity contribution in [1.29, 1.82) is 0 Å². The third-order valence-corrected chi connectivity index (χ3v) is 5.69. The number of hydrogen-bond acceptors (Lipinski definition) is 2. The highest BCUT2D eigenvalue weighted by Crippen LogP contribution is 2.37. The fourth-order valence-electron chi connectivity index (χ4n) is 3.93. The Labute approximate surface area is 145 Å². The molecule has 1 aromatic carbocycles. The van der Waals surface area contributed by atoms with Gasteiger partial charge in [-0.05, 0) is 49.8 Å². The number of amides is 1. The van der Waals surface area contributed by atoms with Crippen molar-refractivity contribution in [3.63, 3.8) is 0 Å². The van der Waals surface area contributed by atoms with E-state index < -0.39 is 5.97 Å². The van der Waals surface area contributed by atoms with Crippen LogP contribution in [0.3, 0.4) is 0 Å². The Hall–Kier alpha value is -1.36. The first kappa shape index (κ1) is 16.5. The fourth-order valence-corrected chi connectivity index (χ4v) is 4.20. The molecular formula is C18H22BrNO3. The topological polar surface area (TPSA) is 57.6 Å². The van der Waals surface area contributed by atoms with Crippen LogP contribution < -0.4 is 0 Å². The van der Waals surface area contributed by atoms with Crippen LogP contribution in [0, 0.1) is 11.8 Å². The Balaban J connectivity index is 1.73. The van der Waals surface area contributed by atoms with E-state index in [0.717, 1.165) is 36.7 Å². The fraction of sp³-hybridized carbons (Fsp3) is 0.556. The smallest absolute Gasteiger partial charge is 0.306 e.